The Kier molecular flexibility index (Phi) is 4.08. The van der Waals surface area contributed by atoms with Gasteiger partial charge in [0.05, 0.1) is 13.2 Å². The molecule has 1 saturated heterocycles. The first-order valence-electron chi connectivity index (χ1n) is 7.01. The van der Waals surface area contributed by atoms with Gasteiger partial charge in [-0.3, -0.25) is 4.79 Å². The molecular weight excluding hydrogens is 214 g/mol. The van der Waals surface area contributed by atoms with E-state index in [0.29, 0.717) is 25.0 Å². The van der Waals surface area contributed by atoms with Crippen LogP contribution in [0.3, 0.4) is 0 Å². The largest absolute Gasteiger partial charge is 0.378 e. The van der Waals surface area contributed by atoms with E-state index in [-0.39, 0.29) is 5.41 Å². The molecule has 0 bridgehead atoms. The van der Waals surface area contributed by atoms with Crippen LogP contribution < -0.4 is 0 Å². The first-order chi connectivity index (χ1) is 8.14. The molecule has 0 unspecified atom stereocenters. The van der Waals surface area contributed by atoms with E-state index in [2.05, 4.69) is 13.8 Å². The van der Waals surface area contributed by atoms with E-state index in [1.165, 1.54) is 12.8 Å². The Labute approximate surface area is 105 Å². The minimum atomic E-state index is -0.0362. The zero-order valence-electron chi connectivity index (χ0n) is 11.2. The van der Waals surface area contributed by atoms with Crippen molar-refractivity contribution in [2.24, 2.45) is 11.3 Å². The highest BCUT2D eigenvalue weighted by atomic mass is 16.5. The summed E-state index contributed by atoms with van der Waals surface area (Å²) in [6, 6.07) is 0. The minimum Gasteiger partial charge on any atom is -0.378 e. The first-order valence-corrected chi connectivity index (χ1v) is 7.01. The second-order valence-corrected chi connectivity index (χ2v) is 5.99. The fraction of sp³-hybridized carbons (Fsp3) is 0.929. The van der Waals surface area contributed by atoms with Crippen molar-refractivity contribution in [2.45, 2.75) is 46.0 Å². The predicted octanol–water partition coefficient (Wildman–Crippen LogP) is 2.45. The van der Waals surface area contributed by atoms with Gasteiger partial charge < -0.3 is 9.64 Å². The molecule has 1 saturated carbocycles. The van der Waals surface area contributed by atoms with Crippen molar-refractivity contribution in [1.29, 1.82) is 0 Å². The number of hydrogen-bond donors (Lipinski definition) is 0. The zero-order chi connectivity index (χ0) is 12.3. The highest BCUT2D eigenvalue weighted by Crippen LogP contribution is 2.44. The molecule has 0 radical (unpaired) electrons. The number of rotatable bonds is 3. The van der Waals surface area contributed by atoms with E-state index in [9.17, 15) is 4.79 Å². The van der Waals surface area contributed by atoms with Crippen LogP contribution in [0.1, 0.15) is 46.0 Å². The lowest BCUT2D eigenvalue weighted by atomic mass is 9.77. The Morgan fingerprint density at radius 3 is 2.35 bits per heavy atom. The van der Waals surface area contributed by atoms with Crippen LogP contribution in [0.4, 0.5) is 0 Å². The summed E-state index contributed by atoms with van der Waals surface area (Å²) in [6.45, 7) is 7.46. The van der Waals surface area contributed by atoms with Crippen molar-refractivity contribution in [3.05, 3.63) is 0 Å². The second kappa shape index (κ2) is 5.38. The average molecular weight is 239 g/mol. The maximum absolute atomic E-state index is 12.7. The van der Waals surface area contributed by atoms with Crippen molar-refractivity contribution in [2.75, 3.05) is 26.3 Å². The van der Waals surface area contributed by atoms with Crippen LogP contribution >= 0.6 is 0 Å². The third-order valence-electron chi connectivity index (χ3n) is 4.11. The summed E-state index contributed by atoms with van der Waals surface area (Å²) in [6.07, 6.45) is 5.71. The highest BCUT2D eigenvalue weighted by molar-refractivity contribution is 5.83. The van der Waals surface area contributed by atoms with E-state index in [4.69, 9.17) is 4.74 Å². The molecule has 1 aliphatic heterocycles. The monoisotopic (exact) mass is 239 g/mol. The molecule has 0 spiro atoms. The molecule has 2 fully saturated rings. The van der Waals surface area contributed by atoms with Crippen LogP contribution in [0.15, 0.2) is 0 Å². The fourth-order valence-electron chi connectivity index (χ4n) is 3.44. The van der Waals surface area contributed by atoms with E-state index in [0.717, 1.165) is 32.4 Å². The van der Waals surface area contributed by atoms with Gasteiger partial charge in [-0.25, -0.2) is 0 Å². The Hall–Kier alpha value is -0.570. The van der Waals surface area contributed by atoms with Gasteiger partial charge in [0.2, 0.25) is 5.91 Å². The van der Waals surface area contributed by atoms with Gasteiger partial charge in [-0.1, -0.05) is 26.7 Å². The Morgan fingerprint density at radius 1 is 1.24 bits per heavy atom. The third-order valence-corrected chi connectivity index (χ3v) is 4.11. The normalized spacial score (nSPS) is 24.3. The lowest BCUT2D eigenvalue weighted by Gasteiger charge is -2.37. The predicted molar refractivity (Wildman–Crippen MR) is 67.8 cm³/mol. The van der Waals surface area contributed by atoms with Crippen molar-refractivity contribution in [1.82, 2.24) is 4.90 Å². The van der Waals surface area contributed by atoms with Gasteiger partial charge >= 0.3 is 0 Å². The number of nitrogens with zero attached hydrogens (tertiary/aromatic N) is 1. The maximum Gasteiger partial charge on any atom is 0.228 e. The standard InChI is InChI=1S/C14H25NO2/c1-12(2)11-14(5-3-4-6-14)13(16)15-7-9-17-10-8-15/h12H,3-11H2,1-2H3. The zero-order valence-corrected chi connectivity index (χ0v) is 11.2. The number of carbonyl (C=O) groups excluding carboxylic acids is 1. The second-order valence-electron chi connectivity index (χ2n) is 5.99. The van der Waals surface area contributed by atoms with E-state index >= 15 is 0 Å². The lowest BCUT2D eigenvalue weighted by molar-refractivity contribution is -0.147. The molecule has 1 aliphatic carbocycles. The number of hydrogen-bond acceptors (Lipinski definition) is 2. The van der Waals surface area contributed by atoms with Crippen molar-refractivity contribution in [3.8, 4) is 0 Å². The molecule has 1 heterocycles. The molecule has 98 valence electrons. The third kappa shape index (κ3) is 2.82. The van der Waals surface area contributed by atoms with Gasteiger partial charge in [-0.15, -0.1) is 0 Å². The fourth-order valence-corrected chi connectivity index (χ4v) is 3.44. The Balaban J connectivity index is 2.06. The number of amides is 1. The summed E-state index contributed by atoms with van der Waals surface area (Å²) < 4.78 is 5.33. The minimum absolute atomic E-state index is 0.0362. The van der Waals surface area contributed by atoms with Crippen LogP contribution in [0, 0.1) is 11.3 Å². The number of carbonyl (C=O) groups is 1. The van der Waals surface area contributed by atoms with Gasteiger partial charge in [0.15, 0.2) is 0 Å². The first kappa shape index (κ1) is 12.9. The van der Waals surface area contributed by atoms with Gasteiger partial charge in [0.25, 0.3) is 0 Å². The van der Waals surface area contributed by atoms with Crippen molar-refractivity contribution < 1.29 is 9.53 Å². The molecule has 0 aromatic rings. The van der Waals surface area contributed by atoms with Crippen LogP contribution in [-0.4, -0.2) is 37.1 Å². The summed E-state index contributed by atoms with van der Waals surface area (Å²) in [7, 11) is 0. The molecule has 3 nitrogen and oxygen atoms in total. The van der Waals surface area contributed by atoms with Gasteiger partial charge in [0.1, 0.15) is 0 Å². The van der Waals surface area contributed by atoms with Crippen LogP contribution in [0.5, 0.6) is 0 Å². The SMILES string of the molecule is CC(C)CC1(C(=O)N2CCOCC2)CCCC1. The van der Waals surface area contributed by atoms with Crippen LogP contribution in [0.2, 0.25) is 0 Å². The topological polar surface area (TPSA) is 29.5 Å². The molecular formula is C14H25NO2. The maximum atomic E-state index is 12.7. The molecule has 17 heavy (non-hydrogen) atoms. The van der Waals surface area contributed by atoms with Gasteiger partial charge in [-0.2, -0.15) is 0 Å². The Bertz CT molecular complexity index is 263. The molecule has 1 amide bonds. The van der Waals surface area contributed by atoms with Crippen LogP contribution in [0.25, 0.3) is 0 Å². The molecule has 2 rings (SSSR count). The summed E-state index contributed by atoms with van der Waals surface area (Å²) in [4.78, 5) is 14.8. The Morgan fingerprint density at radius 2 is 1.82 bits per heavy atom. The smallest absolute Gasteiger partial charge is 0.228 e. The molecule has 0 atom stereocenters. The quantitative estimate of drug-likeness (QED) is 0.757. The summed E-state index contributed by atoms with van der Waals surface area (Å²) >= 11 is 0. The molecule has 0 N–H and O–H groups in total. The van der Waals surface area contributed by atoms with E-state index in [1.807, 2.05) is 4.90 Å². The highest BCUT2D eigenvalue weighted by Gasteiger charge is 2.43. The van der Waals surface area contributed by atoms with Crippen LogP contribution in [-0.2, 0) is 9.53 Å². The van der Waals surface area contributed by atoms with Crippen molar-refractivity contribution >= 4 is 5.91 Å². The molecule has 2 aliphatic rings. The summed E-state index contributed by atoms with van der Waals surface area (Å²) in [5.74, 6) is 1.02. The number of ether oxygens (including phenoxy) is 1. The molecule has 3 heteroatoms. The lowest BCUT2D eigenvalue weighted by Crippen LogP contribution is -2.48. The summed E-state index contributed by atoms with van der Waals surface area (Å²) in [5.41, 5.74) is -0.0362. The summed E-state index contributed by atoms with van der Waals surface area (Å²) in [5, 5.41) is 0. The van der Waals surface area contributed by atoms with E-state index < -0.39 is 0 Å². The molecule has 0 aromatic heterocycles. The van der Waals surface area contributed by atoms with Gasteiger partial charge in [0, 0.05) is 18.5 Å². The van der Waals surface area contributed by atoms with Crippen molar-refractivity contribution in [3.63, 3.8) is 0 Å². The van der Waals surface area contributed by atoms with E-state index in [1.54, 1.807) is 0 Å². The number of morpholine rings is 1. The van der Waals surface area contributed by atoms with Gasteiger partial charge in [-0.05, 0) is 25.2 Å². The average Bonchev–Trinajstić information content (AvgIpc) is 2.78. The molecule has 0 aromatic carbocycles.